The first-order valence-electron chi connectivity index (χ1n) is 17.7. The highest BCUT2D eigenvalue weighted by Gasteiger charge is 2.47. The Labute approximate surface area is 348 Å². The SMILES string of the molecule is CN1c2nc(Cl)ncc2OCC1C(F)(F)F.Cc1cn(-c2ccc(N)cc2C#N)cn1.Cc1cn(-c2ccc(Nc3ncc4c(n3)N(C)C(C(F)(F)F)CO4)cc2C#N)cn1. The maximum Gasteiger partial charge on any atom is 0.412 e. The number of nitrogen functional groups attached to an aromatic ring is 1. The molecule has 2 aliphatic heterocycles. The van der Waals surface area contributed by atoms with Gasteiger partial charge in [0.1, 0.15) is 25.4 Å². The Morgan fingerprint density at radius 1 is 0.738 bits per heavy atom. The Morgan fingerprint density at radius 2 is 1.23 bits per heavy atom. The fourth-order valence-corrected chi connectivity index (χ4v) is 6.12. The number of hydrogen-bond acceptors (Lipinski definition) is 14. The summed E-state index contributed by atoms with van der Waals surface area (Å²) in [5, 5.41) is 21.3. The first kappa shape index (κ1) is 43.3. The highest BCUT2D eigenvalue weighted by atomic mass is 35.5. The van der Waals surface area contributed by atoms with Gasteiger partial charge < -0.3 is 39.5 Å². The predicted octanol–water partition coefficient (Wildman–Crippen LogP) is 6.87. The number of rotatable bonds is 4. The molecule has 4 aromatic heterocycles. The van der Waals surface area contributed by atoms with Gasteiger partial charge in [0.25, 0.3) is 0 Å². The van der Waals surface area contributed by atoms with Crippen molar-refractivity contribution in [3.63, 3.8) is 0 Å². The fourth-order valence-electron chi connectivity index (χ4n) is 5.99. The number of anilines is 5. The Hall–Kier alpha value is -7.33. The molecular weight excluding hydrogens is 834 g/mol. The number of fused-ring (bicyclic) bond motifs is 2. The molecule has 0 amide bonds. The number of aryl methyl sites for hydroxylation is 2. The number of nitrogens with one attached hydrogen (secondary N) is 1. The molecule has 23 heteroatoms. The first-order chi connectivity index (χ1) is 28.9. The van der Waals surface area contributed by atoms with Crippen molar-refractivity contribution in [1.29, 1.82) is 10.5 Å². The molecule has 2 aromatic carbocycles. The van der Waals surface area contributed by atoms with E-state index in [4.69, 9.17) is 32.1 Å². The average molecular weight is 867 g/mol. The van der Waals surface area contributed by atoms with Gasteiger partial charge in [-0.15, -0.1) is 0 Å². The van der Waals surface area contributed by atoms with Gasteiger partial charge >= 0.3 is 12.4 Å². The van der Waals surface area contributed by atoms with Crippen molar-refractivity contribution in [2.24, 2.45) is 0 Å². The van der Waals surface area contributed by atoms with Crippen molar-refractivity contribution in [1.82, 2.24) is 39.0 Å². The minimum Gasteiger partial charge on any atom is -0.486 e. The van der Waals surface area contributed by atoms with E-state index in [0.29, 0.717) is 28.2 Å². The number of nitrogens with zero attached hydrogens (tertiary/aromatic N) is 12. The number of hydrogen-bond donors (Lipinski definition) is 2. The van der Waals surface area contributed by atoms with Crippen LogP contribution in [0.25, 0.3) is 11.4 Å². The van der Waals surface area contributed by atoms with E-state index >= 15 is 0 Å². The van der Waals surface area contributed by atoms with Gasteiger partial charge in [-0.25, -0.2) is 19.9 Å². The van der Waals surface area contributed by atoms with Gasteiger partial charge in [-0.05, 0) is 61.8 Å². The Morgan fingerprint density at radius 3 is 1.72 bits per heavy atom. The largest absolute Gasteiger partial charge is 0.486 e. The van der Waals surface area contributed by atoms with Crippen LogP contribution in [0.15, 0.2) is 73.8 Å². The highest BCUT2D eigenvalue weighted by molar-refractivity contribution is 6.28. The van der Waals surface area contributed by atoms with Crippen LogP contribution in [0.1, 0.15) is 22.5 Å². The van der Waals surface area contributed by atoms with Crippen molar-refractivity contribution < 1.29 is 35.8 Å². The minimum atomic E-state index is -4.45. The molecule has 0 spiro atoms. The van der Waals surface area contributed by atoms with Crippen molar-refractivity contribution in [3.05, 3.63) is 102 Å². The summed E-state index contributed by atoms with van der Waals surface area (Å²) < 4.78 is 91.0. The molecule has 0 bridgehead atoms. The summed E-state index contributed by atoms with van der Waals surface area (Å²) in [6.45, 7) is 2.75. The number of imidazole rings is 2. The van der Waals surface area contributed by atoms with E-state index in [2.05, 4.69) is 47.4 Å². The van der Waals surface area contributed by atoms with Crippen LogP contribution in [0.4, 0.5) is 55.3 Å². The zero-order chi connectivity index (χ0) is 44.2. The number of likely N-dealkylation sites (N-methyl/N-ethyl adjacent to an activating group) is 2. The van der Waals surface area contributed by atoms with Crippen LogP contribution in [-0.2, 0) is 0 Å². The van der Waals surface area contributed by atoms with E-state index in [9.17, 15) is 31.6 Å². The van der Waals surface area contributed by atoms with Crippen LogP contribution in [0.3, 0.4) is 0 Å². The molecule has 2 unspecified atom stereocenters. The molecule has 3 N–H and O–H groups in total. The summed E-state index contributed by atoms with van der Waals surface area (Å²) in [5.41, 5.74) is 10.8. The van der Waals surface area contributed by atoms with Crippen molar-refractivity contribution >= 4 is 40.6 Å². The van der Waals surface area contributed by atoms with Gasteiger partial charge in [-0.1, -0.05) is 0 Å². The number of ether oxygens (including phenoxy) is 2. The fraction of sp³-hybridized carbons (Fsp3) is 0.263. The molecule has 0 saturated heterocycles. The number of halogens is 7. The number of nitriles is 2. The molecular formula is C38H33ClF6N14O2. The van der Waals surface area contributed by atoms with Gasteiger partial charge in [0.2, 0.25) is 11.2 Å². The summed E-state index contributed by atoms with van der Waals surface area (Å²) in [6, 6.07) is 11.0. The van der Waals surface area contributed by atoms with Crippen LogP contribution in [0.5, 0.6) is 11.5 Å². The van der Waals surface area contributed by atoms with Crippen LogP contribution in [0, 0.1) is 36.5 Å². The summed E-state index contributed by atoms with van der Waals surface area (Å²) >= 11 is 5.52. The first-order valence-corrected chi connectivity index (χ1v) is 18.1. The maximum atomic E-state index is 13.2. The average Bonchev–Trinajstić information content (AvgIpc) is 3.85. The zero-order valence-corrected chi connectivity index (χ0v) is 33.2. The van der Waals surface area contributed by atoms with E-state index in [0.717, 1.165) is 26.9 Å². The minimum absolute atomic E-state index is 0.0343. The summed E-state index contributed by atoms with van der Waals surface area (Å²) in [6.07, 6.45) is 0.711. The second-order valence-electron chi connectivity index (χ2n) is 13.4. The smallest absolute Gasteiger partial charge is 0.412 e. The molecule has 6 heterocycles. The third-order valence-corrected chi connectivity index (χ3v) is 9.27. The van der Waals surface area contributed by atoms with Gasteiger partial charge in [0.05, 0.1) is 58.9 Å². The van der Waals surface area contributed by atoms with E-state index in [1.54, 1.807) is 53.8 Å². The van der Waals surface area contributed by atoms with Gasteiger partial charge in [-0.3, -0.25) is 0 Å². The number of alkyl halides is 6. The standard InChI is InChI=1S/C19H16F3N7O.C11H10N4.C8H7ClF3N3O/c1-11-8-29(10-25-11)14-4-3-13(5-12(14)6-23)26-18-24-7-15-17(27-18)28(2)16(9-30-15)19(20,21)22;1-8-6-15(7-14-8)11-3-2-10(13)4-9(11)5-12;1-15-5(8(10,11)12)3-16-4-2-13-7(9)14-6(4)15/h3-5,7-8,10,16H,9H2,1-2H3,(H,24,26,27);2-4,6-7H,13H2,1H3;2,5H,3H2,1H3. The van der Waals surface area contributed by atoms with Crippen molar-refractivity contribution in [2.45, 2.75) is 38.3 Å². The number of nitrogens with two attached hydrogens (primary N) is 1. The van der Waals surface area contributed by atoms with Crippen LogP contribution >= 0.6 is 11.6 Å². The molecule has 6 aromatic rings. The third kappa shape index (κ3) is 9.93. The predicted molar refractivity (Wildman–Crippen MR) is 210 cm³/mol. The second-order valence-corrected chi connectivity index (χ2v) is 13.7. The molecule has 0 fully saturated rings. The normalized spacial score (nSPS) is 15.6. The molecule has 61 heavy (non-hydrogen) atoms. The van der Waals surface area contributed by atoms with Crippen LogP contribution < -0.4 is 30.3 Å². The van der Waals surface area contributed by atoms with E-state index in [-0.39, 0.29) is 34.4 Å². The Bertz CT molecular complexity index is 2620. The van der Waals surface area contributed by atoms with Crippen LogP contribution in [0.2, 0.25) is 5.28 Å². The molecule has 8 rings (SSSR count). The quantitative estimate of drug-likeness (QED) is 0.106. The zero-order valence-electron chi connectivity index (χ0n) is 32.4. The monoisotopic (exact) mass is 866 g/mol. The Balaban J connectivity index is 0.000000169. The van der Waals surface area contributed by atoms with E-state index < -0.39 is 37.7 Å². The lowest BCUT2D eigenvalue weighted by molar-refractivity contribution is -0.156. The molecule has 2 atom stereocenters. The van der Waals surface area contributed by atoms with Gasteiger partial charge in [-0.2, -0.15) is 46.8 Å². The lowest BCUT2D eigenvalue weighted by Crippen LogP contribution is -2.50. The summed E-state index contributed by atoms with van der Waals surface area (Å²) in [5.74, 6) is 0.544. The summed E-state index contributed by atoms with van der Waals surface area (Å²) in [4.78, 5) is 25.9. The van der Waals surface area contributed by atoms with Gasteiger partial charge in [0.15, 0.2) is 35.2 Å². The maximum absolute atomic E-state index is 13.2. The highest BCUT2D eigenvalue weighted by Crippen LogP contribution is 2.38. The number of benzene rings is 2. The lowest BCUT2D eigenvalue weighted by Gasteiger charge is -2.35. The number of aromatic nitrogens is 8. The van der Waals surface area contributed by atoms with E-state index in [1.165, 1.54) is 26.5 Å². The van der Waals surface area contributed by atoms with E-state index in [1.807, 2.05) is 30.7 Å². The van der Waals surface area contributed by atoms with Gasteiger partial charge in [0, 0.05) is 37.9 Å². The van der Waals surface area contributed by atoms with Crippen LogP contribution in [-0.4, -0.2) is 90.8 Å². The Kier molecular flexibility index (Phi) is 12.4. The molecule has 0 aliphatic carbocycles. The molecule has 0 saturated carbocycles. The molecule has 0 radical (unpaired) electrons. The lowest BCUT2D eigenvalue weighted by atomic mass is 10.1. The second kappa shape index (κ2) is 17.5. The molecule has 16 nitrogen and oxygen atoms in total. The summed E-state index contributed by atoms with van der Waals surface area (Å²) in [7, 11) is 2.61. The van der Waals surface area contributed by atoms with Crippen molar-refractivity contribution in [2.75, 3.05) is 48.2 Å². The topological polar surface area (TPSA) is 198 Å². The van der Waals surface area contributed by atoms with Crippen molar-refractivity contribution in [3.8, 4) is 35.0 Å². The molecule has 316 valence electrons. The third-order valence-electron chi connectivity index (χ3n) is 9.09. The molecule has 2 aliphatic rings.